The maximum absolute atomic E-state index is 3.72. The Kier molecular flexibility index (Phi) is 7.29. The largest absolute Gasteiger partial charge is 0.314 e. The number of hydrogen-bond donors (Lipinski definition) is 1. The van der Waals surface area contributed by atoms with Crippen molar-refractivity contribution in [3.8, 4) is 0 Å². The van der Waals surface area contributed by atoms with Crippen LogP contribution in [-0.2, 0) is 0 Å². The van der Waals surface area contributed by atoms with Gasteiger partial charge in [0.1, 0.15) is 0 Å². The third-order valence-corrected chi connectivity index (χ3v) is 4.36. The lowest BCUT2D eigenvalue weighted by atomic mass is 9.77. The molecule has 1 N–H and O–H groups in total. The van der Waals surface area contributed by atoms with Crippen LogP contribution in [0.3, 0.4) is 0 Å². The summed E-state index contributed by atoms with van der Waals surface area (Å²) in [5.74, 6) is 0.851. The number of hydrogen-bond acceptors (Lipinski definition) is 1. The molecule has 0 spiro atoms. The van der Waals surface area contributed by atoms with Gasteiger partial charge < -0.3 is 5.32 Å². The summed E-state index contributed by atoms with van der Waals surface area (Å²) in [6, 6.07) is 0.861. The second-order valence-electron chi connectivity index (χ2n) is 7.30. The van der Waals surface area contributed by atoms with Gasteiger partial charge in [-0.2, -0.15) is 0 Å². The third-order valence-electron chi connectivity index (χ3n) is 4.36. The maximum Gasteiger partial charge on any atom is 0.00683 e. The van der Waals surface area contributed by atoms with Gasteiger partial charge in [0.25, 0.3) is 0 Å². The highest BCUT2D eigenvalue weighted by Gasteiger charge is 2.27. The van der Waals surface area contributed by atoms with Gasteiger partial charge in [0, 0.05) is 6.04 Å². The van der Waals surface area contributed by atoms with Gasteiger partial charge in [-0.3, -0.25) is 0 Å². The first-order chi connectivity index (χ1) is 8.54. The monoisotopic (exact) mass is 253 g/mol. The van der Waals surface area contributed by atoms with Gasteiger partial charge in [-0.1, -0.05) is 66.2 Å². The van der Waals surface area contributed by atoms with Crippen LogP contribution >= 0.6 is 0 Å². The molecule has 1 saturated carbocycles. The Hall–Kier alpha value is -0.0400. The van der Waals surface area contributed by atoms with Crippen LogP contribution in [0.2, 0.25) is 0 Å². The van der Waals surface area contributed by atoms with Crippen molar-refractivity contribution in [2.75, 3.05) is 6.54 Å². The Balaban J connectivity index is 2.10. The predicted molar refractivity (Wildman–Crippen MR) is 82.0 cm³/mol. The average Bonchev–Trinajstić information content (AvgIpc) is 3.09. The molecule has 0 aliphatic heterocycles. The molecule has 0 bridgehead atoms. The van der Waals surface area contributed by atoms with E-state index in [2.05, 4.69) is 33.0 Å². The van der Waals surface area contributed by atoms with Gasteiger partial charge in [-0.15, -0.1) is 0 Å². The van der Waals surface area contributed by atoms with E-state index in [1.807, 2.05) is 0 Å². The first-order valence-corrected chi connectivity index (χ1v) is 8.27. The minimum atomic E-state index is 0.464. The molecule has 1 aliphatic rings. The normalized spacial score (nSPS) is 18.0. The first-order valence-electron chi connectivity index (χ1n) is 8.27. The van der Waals surface area contributed by atoms with Crippen molar-refractivity contribution in [1.29, 1.82) is 0 Å². The molecule has 1 rings (SSSR count). The van der Waals surface area contributed by atoms with Crippen molar-refractivity contribution in [2.24, 2.45) is 11.3 Å². The minimum absolute atomic E-state index is 0.464. The van der Waals surface area contributed by atoms with Gasteiger partial charge in [-0.05, 0) is 37.1 Å². The Morgan fingerprint density at radius 2 is 1.61 bits per heavy atom. The van der Waals surface area contributed by atoms with Crippen LogP contribution in [0.4, 0.5) is 0 Å². The maximum atomic E-state index is 3.72. The molecule has 108 valence electrons. The summed E-state index contributed by atoms with van der Waals surface area (Å²) in [5.41, 5.74) is 0.464. The summed E-state index contributed by atoms with van der Waals surface area (Å²) in [4.78, 5) is 0. The molecule has 0 saturated heterocycles. The van der Waals surface area contributed by atoms with Crippen molar-refractivity contribution in [3.05, 3.63) is 0 Å². The lowest BCUT2D eigenvalue weighted by Crippen LogP contribution is -2.32. The summed E-state index contributed by atoms with van der Waals surface area (Å²) in [5, 5.41) is 3.72. The molecule has 1 heteroatoms. The van der Waals surface area contributed by atoms with E-state index < -0.39 is 0 Å². The van der Waals surface area contributed by atoms with Gasteiger partial charge in [0.2, 0.25) is 0 Å². The van der Waals surface area contributed by atoms with Crippen LogP contribution in [-0.4, -0.2) is 12.6 Å². The van der Waals surface area contributed by atoms with Crippen LogP contribution < -0.4 is 5.32 Å². The molecule has 0 amide bonds. The van der Waals surface area contributed by atoms with Crippen LogP contribution in [0.25, 0.3) is 0 Å². The fraction of sp³-hybridized carbons (Fsp3) is 1.00. The molecule has 1 nitrogen and oxygen atoms in total. The van der Waals surface area contributed by atoms with Gasteiger partial charge in [0.15, 0.2) is 0 Å². The van der Waals surface area contributed by atoms with Crippen LogP contribution in [0.15, 0.2) is 0 Å². The minimum Gasteiger partial charge on any atom is -0.314 e. The quantitative estimate of drug-likeness (QED) is 0.531. The van der Waals surface area contributed by atoms with Gasteiger partial charge in [0.05, 0.1) is 0 Å². The second kappa shape index (κ2) is 8.19. The molecule has 0 radical (unpaired) electrons. The molecule has 1 atom stereocenters. The molecule has 18 heavy (non-hydrogen) atoms. The van der Waals surface area contributed by atoms with E-state index in [-0.39, 0.29) is 0 Å². The number of rotatable bonds is 10. The Labute approximate surface area is 115 Å². The topological polar surface area (TPSA) is 12.0 Å². The van der Waals surface area contributed by atoms with Crippen molar-refractivity contribution in [1.82, 2.24) is 5.32 Å². The third kappa shape index (κ3) is 7.41. The van der Waals surface area contributed by atoms with E-state index in [0.29, 0.717) is 5.41 Å². The molecule has 0 aromatic heterocycles. The Morgan fingerprint density at radius 1 is 1.00 bits per heavy atom. The highest BCUT2D eigenvalue weighted by molar-refractivity contribution is 4.84. The molecule has 1 unspecified atom stereocenters. The van der Waals surface area contributed by atoms with E-state index in [9.17, 15) is 0 Å². The van der Waals surface area contributed by atoms with Gasteiger partial charge >= 0.3 is 0 Å². The van der Waals surface area contributed by atoms with E-state index in [4.69, 9.17) is 0 Å². The lowest BCUT2D eigenvalue weighted by Gasteiger charge is -2.31. The zero-order valence-electron chi connectivity index (χ0n) is 13.2. The summed E-state index contributed by atoms with van der Waals surface area (Å²) < 4.78 is 0. The first kappa shape index (κ1) is 16.0. The smallest absolute Gasteiger partial charge is 0.00683 e. The molecule has 0 aromatic rings. The van der Waals surface area contributed by atoms with E-state index in [1.54, 1.807) is 0 Å². The van der Waals surface area contributed by atoms with Crippen LogP contribution in [0, 0.1) is 11.3 Å². The molecular formula is C17H35N. The molecule has 1 aliphatic carbocycles. The average molecular weight is 253 g/mol. The van der Waals surface area contributed by atoms with Crippen molar-refractivity contribution in [3.63, 3.8) is 0 Å². The van der Waals surface area contributed by atoms with E-state index in [1.165, 1.54) is 64.3 Å². The zero-order chi connectivity index (χ0) is 13.4. The highest BCUT2D eigenvalue weighted by atomic mass is 14.9. The van der Waals surface area contributed by atoms with Crippen LogP contribution in [0.5, 0.6) is 0 Å². The SMILES string of the molecule is CCCCCCCCC(CNC1CC1)C(C)(C)C. The standard InChI is InChI=1S/C17H35N/c1-5-6-7-8-9-10-11-15(17(2,3)4)14-18-16-12-13-16/h15-16,18H,5-14H2,1-4H3. The summed E-state index contributed by atoms with van der Waals surface area (Å²) in [6.07, 6.45) is 12.8. The molecule has 0 aromatic carbocycles. The summed E-state index contributed by atoms with van der Waals surface area (Å²) in [7, 11) is 0. The molecule has 1 fully saturated rings. The van der Waals surface area contributed by atoms with Gasteiger partial charge in [-0.25, -0.2) is 0 Å². The lowest BCUT2D eigenvalue weighted by molar-refractivity contribution is 0.212. The van der Waals surface area contributed by atoms with Crippen LogP contribution in [0.1, 0.15) is 85.5 Å². The fourth-order valence-corrected chi connectivity index (χ4v) is 2.61. The van der Waals surface area contributed by atoms with E-state index >= 15 is 0 Å². The molecule has 0 heterocycles. The highest BCUT2D eigenvalue weighted by Crippen LogP contribution is 2.31. The van der Waals surface area contributed by atoms with Crippen molar-refractivity contribution >= 4 is 0 Å². The molecular weight excluding hydrogens is 218 g/mol. The Bertz CT molecular complexity index is 200. The Morgan fingerprint density at radius 3 is 2.17 bits per heavy atom. The van der Waals surface area contributed by atoms with E-state index in [0.717, 1.165) is 12.0 Å². The number of nitrogens with one attached hydrogen (secondary N) is 1. The summed E-state index contributed by atoms with van der Waals surface area (Å²) in [6.45, 7) is 10.7. The van der Waals surface area contributed by atoms with Crippen molar-refractivity contribution < 1.29 is 0 Å². The summed E-state index contributed by atoms with van der Waals surface area (Å²) >= 11 is 0. The zero-order valence-corrected chi connectivity index (χ0v) is 13.2. The fourth-order valence-electron chi connectivity index (χ4n) is 2.61. The van der Waals surface area contributed by atoms with Crippen molar-refractivity contribution in [2.45, 2.75) is 91.5 Å². The number of unbranched alkanes of at least 4 members (excludes halogenated alkanes) is 5. The second-order valence-corrected chi connectivity index (χ2v) is 7.30. The predicted octanol–water partition coefficient (Wildman–Crippen LogP) is 5.15.